The van der Waals surface area contributed by atoms with Crippen LogP contribution in [-0.4, -0.2) is 23.1 Å². The van der Waals surface area contributed by atoms with Gasteiger partial charge < -0.3 is 0 Å². The third-order valence-corrected chi connectivity index (χ3v) is 5.06. The van der Waals surface area contributed by atoms with Crippen LogP contribution in [0.4, 0.5) is 0 Å². The van der Waals surface area contributed by atoms with E-state index in [4.69, 9.17) is 0 Å². The molecule has 0 aromatic heterocycles. The molecule has 0 fully saturated rings. The van der Waals surface area contributed by atoms with Crippen LogP contribution in [0, 0.1) is 10.8 Å². The summed E-state index contributed by atoms with van der Waals surface area (Å²) in [5.41, 5.74) is 1.74. The lowest BCUT2D eigenvalue weighted by Crippen LogP contribution is -2.23. The minimum Gasteiger partial charge on any atom is -0.299 e. The molecule has 2 aromatic carbocycles. The zero-order chi connectivity index (χ0) is 22.7. The highest BCUT2D eigenvalue weighted by Crippen LogP contribution is 2.24. The second-order valence-electron chi connectivity index (χ2n) is 9.70. The molecule has 0 amide bonds. The van der Waals surface area contributed by atoms with Gasteiger partial charge in [0.25, 0.3) is 0 Å². The molecule has 0 aliphatic heterocycles. The van der Waals surface area contributed by atoms with E-state index >= 15 is 0 Å². The minimum absolute atomic E-state index is 0.0817. The van der Waals surface area contributed by atoms with Crippen LogP contribution in [0.3, 0.4) is 0 Å². The van der Waals surface area contributed by atoms with Crippen LogP contribution >= 0.6 is 0 Å². The molecule has 30 heavy (non-hydrogen) atoms. The van der Waals surface area contributed by atoms with Gasteiger partial charge in [0.2, 0.25) is 0 Å². The van der Waals surface area contributed by atoms with E-state index < -0.39 is 10.8 Å². The van der Waals surface area contributed by atoms with Crippen molar-refractivity contribution in [3.8, 4) is 11.1 Å². The van der Waals surface area contributed by atoms with Crippen molar-refractivity contribution in [2.75, 3.05) is 0 Å². The molecule has 0 aliphatic rings. The second kappa shape index (κ2) is 8.86. The molecular weight excluding hydrogens is 376 g/mol. The zero-order valence-electron chi connectivity index (χ0n) is 18.7. The Bertz CT molecular complexity index is 869. The van der Waals surface area contributed by atoms with Gasteiger partial charge in [-0.05, 0) is 11.1 Å². The van der Waals surface area contributed by atoms with Gasteiger partial charge >= 0.3 is 0 Å². The number of hydrogen-bond acceptors (Lipinski definition) is 4. The lowest BCUT2D eigenvalue weighted by Gasteiger charge is -2.16. The van der Waals surface area contributed by atoms with Crippen LogP contribution in [-0.2, 0) is 9.59 Å². The number of ketones is 4. The number of rotatable bonds is 7. The first-order chi connectivity index (χ1) is 13.8. The van der Waals surface area contributed by atoms with E-state index in [-0.39, 0.29) is 36.0 Å². The summed E-state index contributed by atoms with van der Waals surface area (Å²) >= 11 is 0. The third kappa shape index (κ3) is 6.06. The van der Waals surface area contributed by atoms with Crippen molar-refractivity contribution < 1.29 is 19.2 Å². The molecule has 0 aliphatic carbocycles. The Kier molecular flexibility index (Phi) is 6.91. The van der Waals surface area contributed by atoms with E-state index in [9.17, 15) is 19.2 Å². The Morgan fingerprint density at radius 1 is 0.533 bits per heavy atom. The van der Waals surface area contributed by atoms with Crippen molar-refractivity contribution in [1.29, 1.82) is 0 Å². The van der Waals surface area contributed by atoms with Gasteiger partial charge in [-0.1, -0.05) is 90.1 Å². The maximum atomic E-state index is 12.3. The lowest BCUT2D eigenvalue weighted by molar-refractivity contribution is -0.126. The highest BCUT2D eigenvalue weighted by Gasteiger charge is 2.25. The van der Waals surface area contributed by atoms with Gasteiger partial charge in [0.15, 0.2) is 11.6 Å². The molecule has 0 atom stereocenters. The zero-order valence-corrected chi connectivity index (χ0v) is 18.7. The molecule has 0 radical (unpaired) electrons. The average Bonchev–Trinajstić information content (AvgIpc) is 2.66. The number of carbonyl (C=O) groups is 4. The second-order valence-corrected chi connectivity index (χ2v) is 9.70. The van der Waals surface area contributed by atoms with Crippen molar-refractivity contribution in [3.63, 3.8) is 0 Å². The summed E-state index contributed by atoms with van der Waals surface area (Å²) in [7, 11) is 0. The number of Topliss-reactive ketones (excluding diaryl/α,β-unsaturated/α-hetero) is 4. The molecule has 2 aromatic rings. The average molecular weight is 407 g/mol. The Labute approximate surface area is 178 Å². The molecule has 0 saturated heterocycles. The van der Waals surface area contributed by atoms with E-state index in [1.807, 2.05) is 24.3 Å². The Hall–Kier alpha value is -2.88. The summed E-state index contributed by atoms with van der Waals surface area (Å²) in [6, 6.07) is 14.2. The van der Waals surface area contributed by atoms with E-state index in [2.05, 4.69) is 0 Å². The van der Waals surface area contributed by atoms with Crippen LogP contribution < -0.4 is 0 Å². The van der Waals surface area contributed by atoms with Crippen molar-refractivity contribution in [1.82, 2.24) is 0 Å². The standard InChI is InChI=1S/C26H30O4/c1-25(2,3)23(29)15-21(27)19-11-7-17(8-12-19)18-9-13-20(14-10-18)22(28)16-24(30)26(4,5)6/h7-14H,15-16H2,1-6H3. The summed E-state index contributed by atoms with van der Waals surface area (Å²) in [5, 5.41) is 0. The first kappa shape index (κ1) is 23.4. The summed E-state index contributed by atoms with van der Waals surface area (Å²) in [6.07, 6.45) is -0.208. The maximum Gasteiger partial charge on any atom is 0.170 e. The monoisotopic (exact) mass is 406 g/mol. The van der Waals surface area contributed by atoms with Crippen LogP contribution in [0.15, 0.2) is 48.5 Å². The molecular formula is C26H30O4. The third-order valence-electron chi connectivity index (χ3n) is 5.06. The Morgan fingerprint density at radius 2 is 0.800 bits per heavy atom. The first-order valence-corrected chi connectivity index (χ1v) is 10.1. The SMILES string of the molecule is CC(C)(C)C(=O)CC(=O)c1ccc(-c2ccc(C(=O)CC(=O)C(C)(C)C)cc2)cc1. The van der Waals surface area contributed by atoms with Crippen molar-refractivity contribution in [2.24, 2.45) is 10.8 Å². The molecule has 0 unspecified atom stereocenters. The molecule has 4 heteroatoms. The normalized spacial score (nSPS) is 11.8. The van der Waals surface area contributed by atoms with Crippen molar-refractivity contribution >= 4 is 23.1 Å². The van der Waals surface area contributed by atoms with Gasteiger partial charge in [-0.3, -0.25) is 19.2 Å². The lowest BCUT2D eigenvalue weighted by atomic mass is 9.86. The number of benzene rings is 2. The fraction of sp³-hybridized carbons (Fsp3) is 0.385. The van der Waals surface area contributed by atoms with E-state index in [1.165, 1.54) is 0 Å². The molecule has 0 bridgehead atoms. The van der Waals surface area contributed by atoms with Crippen molar-refractivity contribution in [2.45, 2.75) is 54.4 Å². The largest absolute Gasteiger partial charge is 0.299 e. The molecule has 0 saturated carbocycles. The molecule has 0 heterocycles. The van der Waals surface area contributed by atoms with Gasteiger partial charge in [-0.25, -0.2) is 0 Å². The maximum absolute atomic E-state index is 12.3. The van der Waals surface area contributed by atoms with Gasteiger partial charge in [-0.2, -0.15) is 0 Å². The van der Waals surface area contributed by atoms with E-state index in [0.717, 1.165) is 11.1 Å². The topological polar surface area (TPSA) is 68.3 Å². The van der Waals surface area contributed by atoms with Gasteiger partial charge in [-0.15, -0.1) is 0 Å². The van der Waals surface area contributed by atoms with Crippen LogP contribution in [0.5, 0.6) is 0 Å². The quantitative estimate of drug-likeness (QED) is 0.435. The minimum atomic E-state index is -0.535. The summed E-state index contributed by atoms with van der Waals surface area (Å²) in [5.74, 6) is -0.541. The molecule has 4 nitrogen and oxygen atoms in total. The number of carbonyl (C=O) groups excluding carboxylic acids is 4. The van der Waals surface area contributed by atoms with Gasteiger partial charge in [0, 0.05) is 22.0 Å². The first-order valence-electron chi connectivity index (χ1n) is 10.1. The van der Waals surface area contributed by atoms with Crippen LogP contribution in [0.1, 0.15) is 75.1 Å². The molecule has 158 valence electrons. The Balaban J connectivity index is 2.08. The van der Waals surface area contributed by atoms with Gasteiger partial charge in [0.1, 0.15) is 11.6 Å². The summed E-state index contributed by atoms with van der Waals surface area (Å²) in [6.45, 7) is 10.8. The molecule has 0 N–H and O–H groups in total. The summed E-state index contributed by atoms with van der Waals surface area (Å²) in [4.78, 5) is 48.8. The van der Waals surface area contributed by atoms with E-state index in [0.29, 0.717) is 11.1 Å². The van der Waals surface area contributed by atoms with Gasteiger partial charge in [0.05, 0.1) is 12.8 Å². The van der Waals surface area contributed by atoms with E-state index in [1.54, 1.807) is 65.8 Å². The fourth-order valence-electron chi connectivity index (χ4n) is 2.72. The van der Waals surface area contributed by atoms with Crippen molar-refractivity contribution in [3.05, 3.63) is 59.7 Å². The Morgan fingerprint density at radius 3 is 1.03 bits per heavy atom. The number of hydrogen-bond donors (Lipinski definition) is 0. The predicted octanol–water partition coefficient (Wildman–Crippen LogP) is 5.73. The molecule has 0 spiro atoms. The highest BCUT2D eigenvalue weighted by atomic mass is 16.2. The fourth-order valence-corrected chi connectivity index (χ4v) is 2.72. The summed E-state index contributed by atoms with van der Waals surface area (Å²) < 4.78 is 0. The molecule has 2 rings (SSSR count). The van der Waals surface area contributed by atoms with Crippen LogP contribution in [0.25, 0.3) is 11.1 Å². The smallest absolute Gasteiger partial charge is 0.170 e. The predicted molar refractivity (Wildman–Crippen MR) is 119 cm³/mol. The highest BCUT2D eigenvalue weighted by molar-refractivity contribution is 6.10. The van der Waals surface area contributed by atoms with Crippen LogP contribution in [0.2, 0.25) is 0 Å².